The van der Waals surface area contributed by atoms with Crippen LogP contribution in [0.2, 0.25) is 0 Å². The molecule has 0 aliphatic heterocycles. The van der Waals surface area contributed by atoms with Gasteiger partial charge in [0.15, 0.2) is 17.3 Å². The Kier molecular flexibility index (Phi) is 4.39. The number of halogens is 2. The van der Waals surface area contributed by atoms with Crippen LogP contribution in [0.25, 0.3) is 0 Å². The minimum atomic E-state index is -0.570. The van der Waals surface area contributed by atoms with Crippen molar-refractivity contribution in [2.45, 2.75) is 0 Å². The number of rotatable bonds is 4. The highest BCUT2D eigenvalue weighted by molar-refractivity contribution is 9.10. The first kappa shape index (κ1) is 14.5. The predicted molar refractivity (Wildman–Crippen MR) is 77.1 cm³/mol. The van der Waals surface area contributed by atoms with Gasteiger partial charge in [0.25, 0.3) is 0 Å². The molecular formula is C15H12BrFO3. The average molecular weight is 339 g/mol. The fourth-order valence-electron chi connectivity index (χ4n) is 1.84. The summed E-state index contributed by atoms with van der Waals surface area (Å²) in [6.07, 6.45) is 0. The molecule has 0 aliphatic carbocycles. The molecule has 2 aromatic rings. The highest BCUT2D eigenvalue weighted by Crippen LogP contribution is 2.30. The smallest absolute Gasteiger partial charge is 0.197 e. The maximum atomic E-state index is 13.8. The van der Waals surface area contributed by atoms with E-state index >= 15 is 0 Å². The van der Waals surface area contributed by atoms with Crippen molar-refractivity contribution in [1.29, 1.82) is 0 Å². The van der Waals surface area contributed by atoms with E-state index in [4.69, 9.17) is 9.47 Å². The Morgan fingerprint density at radius 1 is 1.10 bits per heavy atom. The summed E-state index contributed by atoms with van der Waals surface area (Å²) in [5, 5.41) is 0. The molecule has 5 heteroatoms. The monoisotopic (exact) mass is 338 g/mol. The quantitative estimate of drug-likeness (QED) is 0.794. The van der Waals surface area contributed by atoms with E-state index in [-0.39, 0.29) is 5.56 Å². The highest BCUT2D eigenvalue weighted by Gasteiger charge is 2.18. The Hall–Kier alpha value is -1.88. The van der Waals surface area contributed by atoms with E-state index in [2.05, 4.69) is 15.9 Å². The minimum Gasteiger partial charge on any atom is -0.493 e. The van der Waals surface area contributed by atoms with Crippen LogP contribution in [0.5, 0.6) is 11.5 Å². The zero-order valence-electron chi connectivity index (χ0n) is 10.9. The van der Waals surface area contributed by atoms with Gasteiger partial charge in [-0.05, 0) is 46.3 Å². The summed E-state index contributed by atoms with van der Waals surface area (Å²) in [5.74, 6) is -0.0578. The second-order valence-electron chi connectivity index (χ2n) is 4.00. The lowest BCUT2D eigenvalue weighted by molar-refractivity contribution is 0.103. The molecule has 0 atom stereocenters. The molecule has 3 nitrogen and oxygen atoms in total. The van der Waals surface area contributed by atoms with E-state index in [9.17, 15) is 9.18 Å². The number of hydrogen-bond acceptors (Lipinski definition) is 3. The third-order valence-electron chi connectivity index (χ3n) is 2.84. The van der Waals surface area contributed by atoms with Crippen LogP contribution in [0.15, 0.2) is 40.9 Å². The second kappa shape index (κ2) is 6.05. The summed E-state index contributed by atoms with van der Waals surface area (Å²) in [6, 6.07) is 9.12. The summed E-state index contributed by atoms with van der Waals surface area (Å²) >= 11 is 3.19. The van der Waals surface area contributed by atoms with Gasteiger partial charge in [-0.3, -0.25) is 4.79 Å². The van der Waals surface area contributed by atoms with Gasteiger partial charge >= 0.3 is 0 Å². The minimum absolute atomic E-state index is 0.000259. The number of hydrogen-bond donors (Lipinski definition) is 0. The zero-order valence-corrected chi connectivity index (χ0v) is 12.5. The normalized spacial score (nSPS) is 10.2. The molecule has 0 amide bonds. The van der Waals surface area contributed by atoms with Crippen molar-refractivity contribution in [1.82, 2.24) is 0 Å². The van der Waals surface area contributed by atoms with Crippen LogP contribution in [-0.2, 0) is 0 Å². The van der Waals surface area contributed by atoms with Gasteiger partial charge in [-0.1, -0.05) is 6.07 Å². The van der Waals surface area contributed by atoms with Gasteiger partial charge in [0.1, 0.15) is 5.82 Å². The van der Waals surface area contributed by atoms with E-state index in [0.29, 0.717) is 21.5 Å². The number of ether oxygens (including phenoxy) is 2. The fourth-order valence-corrected chi connectivity index (χ4v) is 2.36. The van der Waals surface area contributed by atoms with E-state index in [1.807, 2.05) is 0 Å². The Morgan fingerprint density at radius 3 is 2.40 bits per heavy atom. The number of methoxy groups -OCH3 is 2. The van der Waals surface area contributed by atoms with Crippen LogP contribution < -0.4 is 9.47 Å². The van der Waals surface area contributed by atoms with Gasteiger partial charge in [0.05, 0.1) is 19.8 Å². The molecule has 0 spiro atoms. The topological polar surface area (TPSA) is 35.5 Å². The van der Waals surface area contributed by atoms with Gasteiger partial charge in [0.2, 0.25) is 0 Å². The zero-order chi connectivity index (χ0) is 14.7. The standard InChI is InChI=1S/C15H12BrFO3/c1-19-12-7-6-9(8-13(12)20-2)15(18)14-10(16)4-3-5-11(14)17/h3-8H,1-2H3. The van der Waals surface area contributed by atoms with E-state index in [1.165, 1.54) is 32.4 Å². The van der Waals surface area contributed by atoms with Crippen molar-refractivity contribution in [2.75, 3.05) is 14.2 Å². The summed E-state index contributed by atoms with van der Waals surface area (Å²) in [5.41, 5.74) is 0.327. The molecule has 0 radical (unpaired) electrons. The predicted octanol–water partition coefficient (Wildman–Crippen LogP) is 3.84. The first-order chi connectivity index (χ1) is 9.58. The molecule has 0 bridgehead atoms. The summed E-state index contributed by atoms with van der Waals surface area (Å²) in [4.78, 5) is 12.4. The number of ketones is 1. The maximum Gasteiger partial charge on any atom is 0.197 e. The lowest BCUT2D eigenvalue weighted by Crippen LogP contribution is -2.06. The molecule has 0 aliphatic rings. The van der Waals surface area contributed by atoms with Gasteiger partial charge in [-0.2, -0.15) is 0 Å². The Labute approximate surface area is 124 Å². The molecule has 0 N–H and O–H groups in total. The second-order valence-corrected chi connectivity index (χ2v) is 4.85. The van der Waals surface area contributed by atoms with Crippen molar-refractivity contribution >= 4 is 21.7 Å². The molecule has 0 heterocycles. The average Bonchev–Trinajstić information content (AvgIpc) is 2.46. The van der Waals surface area contributed by atoms with Crippen LogP contribution in [0.4, 0.5) is 4.39 Å². The molecule has 0 unspecified atom stereocenters. The largest absolute Gasteiger partial charge is 0.493 e. The Balaban J connectivity index is 2.49. The van der Waals surface area contributed by atoms with Crippen LogP contribution in [0.1, 0.15) is 15.9 Å². The van der Waals surface area contributed by atoms with Gasteiger partial charge in [-0.25, -0.2) is 4.39 Å². The SMILES string of the molecule is COc1ccc(C(=O)c2c(F)cccc2Br)cc1OC. The third kappa shape index (κ3) is 2.67. The van der Waals surface area contributed by atoms with Gasteiger partial charge in [-0.15, -0.1) is 0 Å². The van der Waals surface area contributed by atoms with Crippen molar-refractivity contribution in [3.8, 4) is 11.5 Å². The molecular weight excluding hydrogens is 327 g/mol. The first-order valence-electron chi connectivity index (χ1n) is 5.79. The first-order valence-corrected chi connectivity index (χ1v) is 6.58. The molecule has 0 saturated carbocycles. The summed E-state index contributed by atoms with van der Waals surface area (Å²) < 4.78 is 24.5. The molecule has 0 aromatic heterocycles. The van der Waals surface area contributed by atoms with E-state index in [1.54, 1.807) is 18.2 Å². The highest BCUT2D eigenvalue weighted by atomic mass is 79.9. The van der Waals surface area contributed by atoms with Crippen LogP contribution in [0.3, 0.4) is 0 Å². The van der Waals surface area contributed by atoms with Crippen LogP contribution in [-0.4, -0.2) is 20.0 Å². The summed E-state index contributed by atoms with van der Waals surface area (Å²) in [6.45, 7) is 0. The fraction of sp³-hybridized carbons (Fsp3) is 0.133. The summed E-state index contributed by atoms with van der Waals surface area (Å²) in [7, 11) is 2.98. The maximum absolute atomic E-state index is 13.8. The Morgan fingerprint density at radius 2 is 1.80 bits per heavy atom. The molecule has 2 rings (SSSR count). The van der Waals surface area contributed by atoms with Crippen molar-refractivity contribution in [3.05, 3.63) is 57.8 Å². The number of carbonyl (C=O) groups is 1. The lowest BCUT2D eigenvalue weighted by atomic mass is 10.0. The lowest BCUT2D eigenvalue weighted by Gasteiger charge is -2.10. The third-order valence-corrected chi connectivity index (χ3v) is 3.50. The Bertz CT molecular complexity index is 635. The van der Waals surface area contributed by atoms with Crippen LogP contribution in [0, 0.1) is 5.82 Å². The van der Waals surface area contributed by atoms with Gasteiger partial charge < -0.3 is 9.47 Å². The number of benzene rings is 2. The molecule has 20 heavy (non-hydrogen) atoms. The number of carbonyl (C=O) groups excluding carboxylic acids is 1. The molecule has 0 fully saturated rings. The van der Waals surface area contributed by atoms with Gasteiger partial charge in [0, 0.05) is 10.0 Å². The van der Waals surface area contributed by atoms with Crippen molar-refractivity contribution < 1.29 is 18.7 Å². The van der Waals surface area contributed by atoms with Crippen LogP contribution >= 0.6 is 15.9 Å². The van der Waals surface area contributed by atoms with E-state index in [0.717, 1.165) is 0 Å². The molecule has 0 saturated heterocycles. The molecule has 104 valence electrons. The van der Waals surface area contributed by atoms with Crippen molar-refractivity contribution in [2.24, 2.45) is 0 Å². The molecule has 2 aromatic carbocycles. The van der Waals surface area contributed by atoms with E-state index < -0.39 is 11.6 Å². The van der Waals surface area contributed by atoms with Crippen molar-refractivity contribution in [3.63, 3.8) is 0 Å².